The number of benzene rings is 3. The van der Waals surface area contributed by atoms with Crippen LogP contribution in [0.4, 0.5) is 4.79 Å². The Balaban J connectivity index is 1.42. The number of sulfonamides is 1. The van der Waals surface area contributed by atoms with Gasteiger partial charge in [-0.1, -0.05) is 78.9 Å². The number of piperidine rings is 1. The lowest BCUT2D eigenvalue weighted by Gasteiger charge is -2.40. The van der Waals surface area contributed by atoms with Crippen molar-refractivity contribution in [3.8, 4) is 0 Å². The Labute approximate surface area is 266 Å². The predicted molar refractivity (Wildman–Crippen MR) is 171 cm³/mol. The van der Waals surface area contributed by atoms with Crippen LogP contribution >= 0.6 is 0 Å². The summed E-state index contributed by atoms with van der Waals surface area (Å²) in [6.07, 6.45) is 1.19. The van der Waals surface area contributed by atoms with Gasteiger partial charge in [0.25, 0.3) is 0 Å². The molecule has 11 heteroatoms. The molecule has 3 aromatic rings. The Hall–Kier alpha value is -3.77. The summed E-state index contributed by atoms with van der Waals surface area (Å²) in [6.45, 7) is 1.69. The van der Waals surface area contributed by atoms with E-state index in [1.54, 1.807) is 37.4 Å². The molecule has 0 saturated carbocycles. The summed E-state index contributed by atoms with van der Waals surface area (Å²) in [5, 5.41) is 10.8. The van der Waals surface area contributed by atoms with Crippen molar-refractivity contribution in [2.45, 2.75) is 42.2 Å². The normalized spacial score (nSPS) is 15.7. The standard InChI is InChI=1S/C34H43N3O7S/c1-35(45(41,42)31-16-10-5-11-17-31)26-34(27-38,29-14-8-4-9-15-29)20-23-36-21-18-30(19-22-36)37(24-32(39)43-2)33(40)44-25-28-12-6-3-7-13-28/h3-17,30,38H,18-27H2,1-2H3. The number of likely N-dealkylation sites (tertiary alicyclic amines) is 1. The molecule has 1 unspecified atom stereocenters. The van der Waals surface area contributed by atoms with E-state index in [-0.39, 0.29) is 37.2 Å². The van der Waals surface area contributed by atoms with E-state index in [1.165, 1.54) is 16.3 Å². The molecule has 242 valence electrons. The zero-order valence-electron chi connectivity index (χ0n) is 26.0. The second-order valence-electron chi connectivity index (χ2n) is 11.4. The van der Waals surface area contributed by atoms with Crippen LogP contribution in [-0.2, 0) is 36.3 Å². The fraction of sp³-hybridized carbons (Fsp3) is 0.412. The van der Waals surface area contributed by atoms with Crippen LogP contribution in [0.1, 0.15) is 30.4 Å². The lowest BCUT2D eigenvalue weighted by Crippen LogP contribution is -2.51. The summed E-state index contributed by atoms with van der Waals surface area (Å²) in [5.41, 5.74) is 0.877. The zero-order chi connectivity index (χ0) is 32.3. The molecule has 0 aliphatic carbocycles. The number of methoxy groups -OCH3 is 1. The maximum atomic E-state index is 13.4. The molecular weight excluding hydrogens is 594 g/mol. The quantitative estimate of drug-likeness (QED) is 0.265. The first kappa shape index (κ1) is 34.1. The lowest BCUT2D eigenvalue weighted by atomic mass is 9.77. The number of rotatable bonds is 14. The van der Waals surface area contributed by atoms with Gasteiger partial charge < -0.3 is 19.5 Å². The van der Waals surface area contributed by atoms with Gasteiger partial charge in [0.1, 0.15) is 13.2 Å². The topological polar surface area (TPSA) is 117 Å². The number of likely N-dealkylation sites (N-methyl/N-ethyl adjacent to an activating group) is 1. The second kappa shape index (κ2) is 16.0. The molecule has 3 aromatic carbocycles. The minimum atomic E-state index is -3.77. The second-order valence-corrected chi connectivity index (χ2v) is 13.5. The van der Waals surface area contributed by atoms with Crippen LogP contribution in [0.2, 0.25) is 0 Å². The number of aliphatic hydroxyl groups excluding tert-OH is 1. The summed E-state index contributed by atoms with van der Waals surface area (Å²) < 4.78 is 38.5. The molecule has 1 amide bonds. The first-order valence-electron chi connectivity index (χ1n) is 15.1. The van der Waals surface area contributed by atoms with Gasteiger partial charge in [-0.05, 0) is 49.1 Å². The van der Waals surface area contributed by atoms with Crippen molar-refractivity contribution in [3.63, 3.8) is 0 Å². The molecule has 1 atom stereocenters. The molecule has 45 heavy (non-hydrogen) atoms. The van der Waals surface area contributed by atoms with Crippen molar-refractivity contribution in [3.05, 3.63) is 102 Å². The fourth-order valence-corrected chi connectivity index (χ4v) is 7.06. The molecule has 0 aromatic heterocycles. The molecule has 1 saturated heterocycles. The van der Waals surface area contributed by atoms with Gasteiger partial charge in [-0.25, -0.2) is 13.2 Å². The molecule has 1 aliphatic heterocycles. The van der Waals surface area contributed by atoms with Gasteiger partial charge in [-0.15, -0.1) is 0 Å². The number of hydrogen-bond acceptors (Lipinski definition) is 8. The lowest BCUT2D eigenvalue weighted by molar-refractivity contribution is -0.142. The molecule has 1 N–H and O–H groups in total. The first-order chi connectivity index (χ1) is 21.7. The molecular formula is C34H43N3O7S. The predicted octanol–water partition coefficient (Wildman–Crippen LogP) is 3.90. The number of esters is 1. The third-order valence-corrected chi connectivity index (χ3v) is 10.4. The maximum absolute atomic E-state index is 13.4. The fourth-order valence-electron chi connectivity index (χ4n) is 5.79. The number of hydrogen-bond donors (Lipinski definition) is 1. The minimum Gasteiger partial charge on any atom is -0.468 e. The summed E-state index contributed by atoms with van der Waals surface area (Å²) >= 11 is 0. The van der Waals surface area contributed by atoms with E-state index in [1.807, 2.05) is 60.7 Å². The highest BCUT2D eigenvalue weighted by molar-refractivity contribution is 7.89. The summed E-state index contributed by atoms with van der Waals surface area (Å²) in [6, 6.07) is 27.0. The van der Waals surface area contributed by atoms with E-state index < -0.39 is 27.5 Å². The van der Waals surface area contributed by atoms with Gasteiger partial charge in [0.15, 0.2) is 0 Å². The van der Waals surface area contributed by atoms with E-state index in [9.17, 15) is 23.1 Å². The Bertz CT molecular complexity index is 1470. The van der Waals surface area contributed by atoms with E-state index in [4.69, 9.17) is 9.47 Å². The van der Waals surface area contributed by atoms with Crippen molar-refractivity contribution < 1.29 is 32.6 Å². The molecule has 0 spiro atoms. The minimum absolute atomic E-state index is 0.0986. The van der Waals surface area contributed by atoms with Crippen LogP contribution in [0.3, 0.4) is 0 Å². The van der Waals surface area contributed by atoms with Crippen molar-refractivity contribution in [2.75, 3.05) is 53.5 Å². The van der Waals surface area contributed by atoms with Gasteiger partial charge in [0.05, 0.1) is 18.6 Å². The van der Waals surface area contributed by atoms with Crippen LogP contribution in [0.5, 0.6) is 0 Å². The van der Waals surface area contributed by atoms with Crippen LogP contribution in [0.15, 0.2) is 95.9 Å². The highest BCUT2D eigenvalue weighted by Crippen LogP contribution is 2.32. The third kappa shape index (κ3) is 8.91. The van der Waals surface area contributed by atoms with Gasteiger partial charge in [-0.2, -0.15) is 4.31 Å². The number of carbonyl (C=O) groups excluding carboxylic acids is 2. The molecule has 1 fully saturated rings. The summed E-state index contributed by atoms with van der Waals surface area (Å²) in [5.74, 6) is -0.515. The summed E-state index contributed by atoms with van der Waals surface area (Å²) in [4.78, 5) is 29.2. The number of ether oxygens (including phenoxy) is 2. The largest absolute Gasteiger partial charge is 0.468 e. The molecule has 4 rings (SSSR count). The van der Waals surface area contributed by atoms with E-state index in [2.05, 4.69) is 4.90 Å². The van der Waals surface area contributed by atoms with Gasteiger partial charge in [-0.3, -0.25) is 9.69 Å². The molecule has 10 nitrogen and oxygen atoms in total. The van der Waals surface area contributed by atoms with Crippen molar-refractivity contribution in [1.82, 2.24) is 14.1 Å². The number of amides is 1. The number of carbonyl (C=O) groups is 2. The van der Waals surface area contributed by atoms with E-state index in [0.717, 1.165) is 11.1 Å². The van der Waals surface area contributed by atoms with E-state index >= 15 is 0 Å². The van der Waals surface area contributed by atoms with Crippen molar-refractivity contribution in [2.24, 2.45) is 0 Å². The Morgan fingerprint density at radius 2 is 1.51 bits per heavy atom. The molecule has 0 bridgehead atoms. The first-order valence-corrected chi connectivity index (χ1v) is 16.6. The van der Waals surface area contributed by atoms with Crippen LogP contribution in [-0.4, -0.2) is 99.2 Å². The van der Waals surface area contributed by atoms with Gasteiger partial charge in [0.2, 0.25) is 10.0 Å². The highest BCUT2D eigenvalue weighted by atomic mass is 32.2. The smallest absolute Gasteiger partial charge is 0.410 e. The van der Waals surface area contributed by atoms with Crippen molar-refractivity contribution >= 4 is 22.1 Å². The van der Waals surface area contributed by atoms with Gasteiger partial charge >= 0.3 is 12.1 Å². The van der Waals surface area contributed by atoms with Crippen molar-refractivity contribution in [1.29, 1.82) is 0 Å². The average molecular weight is 638 g/mol. The number of nitrogens with zero attached hydrogens (tertiary/aromatic N) is 3. The zero-order valence-corrected chi connectivity index (χ0v) is 26.8. The Morgan fingerprint density at radius 3 is 2.09 bits per heavy atom. The Kier molecular flexibility index (Phi) is 12.1. The maximum Gasteiger partial charge on any atom is 0.410 e. The van der Waals surface area contributed by atoms with Gasteiger partial charge in [0, 0.05) is 38.1 Å². The summed E-state index contributed by atoms with van der Waals surface area (Å²) in [7, 11) is -0.929. The van der Waals surface area contributed by atoms with Crippen LogP contribution in [0.25, 0.3) is 0 Å². The van der Waals surface area contributed by atoms with Crippen LogP contribution < -0.4 is 0 Å². The van der Waals surface area contributed by atoms with Crippen LogP contribution in [0, 0.1) is 0 Å². The monoisotopic (exact) mass is 637 g/mol. The molecule has 1 aliphatic rings. The third-order valence-electron chi connectivity index (χ3n) is 8.54. The Morgan fingerprint density at radius 1 is 0.933 bits per heavy atom. The SMILES string of the molecule is COC(=O)CN(C(=O)OCc1ccccc1)C1CCN(CCC(CO)(CN(C)S(=O)(=O)c2ccccc2)c2ccccc2)CC1. The highest BCUT2D eigenvalue weighted by Gasteiger charge is 2.38. The van der Waals surface area contributed by atoms with E-state index in [0.29, 0.717) is 38.9 Å². The average Bonchev–Trinajstić information content (AvgIpc) is 3.09. The number of aliphatic hydroxyl groups is 1. The molecule has 1 heterocycles. The molecule has 0 radical (unpaired) electrons.